The number of fused-ring (bicyclic) bond motifs is 1. The summed E-state index contributed by atoms with van der Waals surface area (Å²) in [6.45, 7) is 4.71. The molecule has 0 spiro atoms. The van der Waals surface area contributed by atoms with Crippen LogP contribution in [0.5, 0.6) is 0 Å². The summed E-state index contributed by atoms with van der Waals surface area (Å²) in [6, 6.07) is 14.0. The van der Waals surface area contributed by atoms with Gasteiger partial charge in [-0.2, -0.15) is 0 Å². The number of aromatic nitrogens is 1. The third-order valence-corrected chi connectivity index (χ3v) is 4.51. The van der Waals surface area contributed by atoms with Crippen molar-refractivity contribution >= 4 is 28.4 Å². The number of aryl methyl sites for hydroxylation is 2. The minimum absolute atomic E-state index is 0.0504. The zero-order valence-corrected chi connectivity index (χ0v) is 14.7. The molecular weight excluding hydrogens is 320 g/mol. The van der Waals surface area contributed by atoms with Crippen molar-refractivity contribution < 1.29 is 4.79 Å². The Kier molecular flexibility index (Phi) is 4.91. The number of halogens is 1. The maximum absolute atomic E-state index is 12.3. The van der Waals surface area contributed by atoms with E-state index in [0.29, 0.717) is 13.0 Å². The van der Waals surface area contributed by atoms with E-state index in [1.807, 2.05) is 31.2 Å². The fraction of sp³-hybridized carbons (Fsp3) is 0.250. The van der Waals surface area contributed by atoms with Crippen molar-refractivity contribution in [3.63, 3.8) is 0 Å². The van der Waals surface area contributed by atoms with Crippen LogP contribution in [0.15, 0.2) is 42.5 Å². The Labute approximate surface area is 147 Å². The minimum Gasteiger partial charge on any atom is -0.358 e. The summed E-state index contributed by atoms with van der Waals surface area (Å²) in [5.74, 6) is 0.0504. The number of amides is 1. The van der Waals surface area contributed by atoms with Crippen LogP contribution >= 0.6 is 11.6 Å². The van der Waals surface area contributed by atoms with Gasteiger partial charge < -0.3 is 10.3 Å². The fourth-order valence-electron chi connectivity index (χ4n) is 2.94. The summed E-state index contributed by atoms with van der Waals surface area (Å²) in [5.41, 5.74) is 5.59. The molecule has 0 saturated carbocycles. The van der Waals surface area contributed by atoms with Gasteiger partial charge in [0.15, 0.2) is 0 Å². The molecule has 0 atom stereocenters. The molecule has 0 aliphatic rings. The lowest BCUT2D eigenvalue weighted by Crippen LogP contribution is -2.27. The number of H-pyrrole nitrogens is 1. The Morgan fingerprint density at radius 1 is 1.12 bits per heavy atom. The van der Waals surface area contributed by atoms with Crippen LogP contribution in [0, 0.1) is 13.8 Å². The van der Waals surface area contributed by atoms with Gasteiger partial charge in [0.1, 0.15) is 0 Å². The van der Waals surface area contributed by atoms with Crippen LogP contribution in [-0.2, 0) is 17.6 Å². The highest BCUT2D eigenvalue weighted by molar-refractivity contribution is 6.30. The molecule has 1 heterocycles. The molecule has 0 unspecified atom stereocenters. The van der Waals surface area contributed by atoms with Crippen molar-refractivity contribution in [1.29, 1.82) is 0 Å². The van der Waals surface area contributed by atoms with Gasteiger partial charge in [-0.1, -0.05) is 35.4 Å². The topological polar surface area (TPSA) is 44.9 Å². The highest BCUT2D eigenvalue weighted by atomic mass is 35.5. The molecule has 0 bridgehead atoms. The first kappa shape index (κ1) is 16.6. The Balaban J connectivity index is 1.61. The van der Waals surface area contributed by atoms with Gasteiger partial charge in [-0.05, 0) is 55.7 Å². The smallest absolute Gasteiger partial charge is 0.224 e. The van der Waals surface area contributed by atoms with E-state index in [1.165, 1.54) is 11.1 Å². The summed E-state index contributed by atoms with van der Waals surface area (Å²) >= 11 is 5.88. The number of nitrogens with one attached hydrogen (secondary N) is 2. The van der Waals surface area contributed by atoms with Crippen LogP contribution in [0.25, 0.3) is 10.9 Å². The van der Waals surface area contributed by atoms with E-state index >= 15 is 0 Å². The molecule has 2 aromatic carbocycles. The van der Waals surface area contributed by atoms with Crippen LogP contribution in [0.4, 0.5) is 0 Å². The van der Waals surface area contributed by atoms with Gasteiger partial charge in [0.2, 0.25) is 5.91 Å². The highest BCUT2D eigenvalue weighted by Gasteiger charge is 2.12. The van der Waals surface area contributed by atoms with Crippen molar-refractivity contribution in [3.05, 3.63) is 69.9 Å². The van der Waals surface area contributed by atoms with E-state index in [2.05, 4.69) is 35.4 Å². The molecule has 124 valence electrons. The third kappa shape index (κ3) is 3.80. The lowest BCUT2D eigenvalue weighted by atomic mass is 10.1. The zero-order chi connectivity index (χ0) is 17.1. The zero-order valence-electron chi connectivity index (χ0n) is 13.9. The molecule has 0 radical (unpaired) electrons. The van der Waals surface area contributed by atoms with E-state index in [4.69, 9.17) is 11.6 Å². The summed E-state index contributed by atoms with van der Waals surface area (Å²) in [7, 11) is 0. The number of hydrogen-bond donors (Lipinski definition) is 2. The van der Waals surface area contributed by atoms with Gasteiger partial charge in [0, 0.05) is 28.2 Å². The van der Waals surface area contributed by atoms with Gasteiger partial charge in [-0.15, -0.1) is 0 Å². The number of aromatic amines is 1. The average molecular weight is 341 g/mol. The number of carbonyl (C=O) groups is 1. The number of hydrogen-bond acceptors (Lipinski definition) is 1. The molecule has 3 nitrogen and oxygen atoms in total. The van der Waals surface area contributed by atoms with E-state index < -0.39 is 0 Å². The van der Waals surface area contributed by atoms with Crippen molar-refractivity contribution in [2.24, 2.45) is 0 Å². The molecular formula is C20H21ClN2O. The molecule has 3 rings (SSSR count). The summed E-state index contributed by atoms with van der Waals surface area (Å²) in [6.07, 6.45) is 1.20. The third-order valence-electron chi connectivity index (χ3n) is 4.26. The van der Waals surface area contributed by atoms with Crippen LogP contribution in [0.3, 0.4) is 0 Å². The monoisotopic (exact) mass is 340 g/mol. The van der Waals surface area contributed by atoms with Crippen LogP contribution in [0.1, 0.15) is 22.4 Å². The molecule has 1 aromatic heterocycles. The first-order chi connectivity index (χ1) is 11.5. The maximum atomic E-state index is 12.3. The molecule has 2 N–H and O–H groups in total. The Bertz CT molecular complexity index is 865. The SMILES string of the molecule is Cc1ccc2[nH]c(C)c(CC(=O)NCCc3ccc(Cl)cc3)c2c1. The van der Waals surface area contributed by atoms with E-state index in [-0.39, 0.29) is 5.91 Å². The molecule has 0 aliphatic carbocycles. The summed E-state index contributed by atoms with van der Waals surface area (Å²) in [4.78, 5) is 15.6. The average Bonchev–Trinajstić information content (AvgIpc) is 2.85. The van der Waals surface area contributed by atoms with Crippen LogP contribution < -0.4 is 5.32 Å². The molecule has 1 amide bonds. The van der Waals surface area contributed by atoms with Crippen molar-refractivity contribution in [2.75, 3.05) is 6.54 Å². The van der Waals surface area contributed by atoms with Crippen molar-refractivity contribution in [1.82, 2.24) is 10.3 Å². The molecule has 0 saturated heterocycles. The Morgan fingerprint density at radius 2 is 1.88 bits per heavy atom. The van der Waals surface area contributed by atoms with E-state index in [9.17, 15) is 4.79 Å². The Hall–Kier alpha value is -2.26. The molecule has 24 heavy (non-hydrogen) atoms. The highest BCUT2D eigenvalue weighted by Crippen LogP contribution is 2.23. The summed E-state index contributed by atoms with van der Waals surface area (Å²) in [5, 5.41) is 4.87. The van der Waals surface area contributed by atoms with Gasteiger partial charge in [0.05, 0.1) is 6.42 Å². The number of carbonyl (C=O) groups excluding carboxylic acids is 1. The van der Waals surface area contributed by atoms with Gasteiger partial charge >= 0.3 is 0 Å². The van der Waals surface area contributed by atoms with Gasteiger partial charge in [0.25, 0.3) is 0 Å². The normalized spacial score (nSPS) is 11.0. The predicted molar refractivity (Wildman–Crippen MR) is 99.6 cm³/mol. The first-order valence-electron chi connectivity index (χ1n) is 8.12. The fourth-order valence-corrected chi connectivity index (χ4v) is 3.07. The molecule has 0 aliphatic heterocycles. The van der Waals surface area contributed by atoms with Gasteiger partial charge in [-0.25, -0.2) is 0 Å². The second-order valence-corrected chi connectivity index (χ2v) is 6.62. The molecule has 4 heteroatoms. The van der Waals surface area contributed by atoms with Crippen LogP contribution in [0.2, 0.25) is 5.02 Å². The maximum Gasteiger partial charge on any atom is 0.224 e. The summed E-state index contributed by atoms with van der Waals surface area (Å²) < 4.78 is 0. The minimum atomic E-state index is 0.0504. The number of benzene rings is 2. The second kappa shape index (κ2) is 7.10. The predicted octanol–water partition coefficient (Wildman–Crippen LogP) is 4.34. The van der Waals surface area contributed by atoms with Crippen molar-refractivity contribution in [3.8, 4) is 0 Å². The van der Waals surface area contributed by atoms with Gasteiger partial charge in [-0.3, -0.25) is 4.79 Å². The van der Waals surface area contributed by atoms with E-state index in [0.717, 1.165) is 33.6 Å². The lowest BCUT2D eigenvalue weighted by Gasteiger charge is -2.06. The first-order valence-corrected chi connectivity index (χ1v) is 8.49. The largest absolute Gasteiger partial charge is 0.358 e. The lowest BCUT2D eigenvalue weighted by molar-refractivity contribution is -0.120. The van der Waals surface area contributed by atoms with Crippen molar-refractivity contribution in [2.45, 2.75) is 26.7 Å². The van der Waals surface area contributed by atoms with Crippen LogP contribution in [-0.4, -0.2) is 17.4 Å². The standard InChI is InChI=1S/C20H21ClN2O/c1-13-3-8-19-18(11-13)17(14(2)23-19)12-20(24)22-10-9-15-4-6-16(21)7-5-15/h3-8,11,23H,9-10,12H2,1-2H3,(H,22,24). The Morgan fingerprint density at radius 3 is 2.62 bits per heavy atom. The molecule has 3 aromatic rings. The second-order valence-electron chi connectivity index (χ2n) is 6.18. The number of rotatable bonds is 5. The quantitative estimate of drug-likeness (QED) is 0.713. The molecule has 0 fully saturated rings. The van der Waals surface area contributed by atoms with E-state index in [1.54, 1.807) is 0 Å².